The fraction of sp³-hybridized carbons (Fsp3) is 0.536. The normalized spacial score (nSPS) is 26.7. The summed E-state index contributed by atoms with van der Waals surface area (Å²) in [5, 5.41) is 14.5. The second-order valence-corrected chi connectivity index (χ2v) is 10.1. The zero-order chi connectivity index (χ0) is 23.5. The fourth-order valence-corrected chi connectivity index (χ4v) is 5.70. The van der Waals surface area contributed by atoms with E-state index >= 15 is 0 Å². The summed E-state index contributed by atoms with van der Waals surface area (Å²) in [6, 6.07) is 14.8. The standard InChI is InChI=1S/C28H35FN2O3/c29-23-11-3-10-22(18-23)21-9-1-6-19(16-21)17-25-24(30-27(32)26-13-5-15-34-26)12-4-14-31(25)28(33)20-7-2-8-20/h1,3,6,9-11,16,18,20,24-26,28,33H,2,4-5,7-8,12-15,17H2,(H,30,32)/t24-,25-,26-,28?/m0/s1. The third-order valence-corrected chi connectivity index (χ3v) is 7.81. The molecule has 0 bridgehead atoms. The number of benzene rings is 2. The number of likely N-dealkylation sites (tertiary alicyclic amines) is 1. The predicted molar refractivity (Wildman–Crippen MR) is 130 cm³/mol. The summed E-state index contributed by atoms with van der Waals surface area (Å²) in [7, 11) is 0. The van der Waals surface area contributed by atoms with E-state index in [1.807, 2.05) is 18.2 Å². The molecule has 2 heterocycles. The molecule has 2 saturated heterocycles. The summed E-state index contributed by atoms with van der Waals surface area (Å²) in [5.41, 5.74) is 2.94. The maximum absolute atomic E-state index is 13.8. The SMILES string of the molecule is O=C(N[C@H]1CCCN(C(O)C2CCC2)[C@H]1Cc1cccc(-c2cccc(F)c2)c1)[C@@H]1CCCO1. The van der Waals surface area contributed by atoms with Crippen LogP contribution in [0.2, 0.25) is 0 Å². The van der Waals surface area contributed by atoms with Gasteiger partial charge in [-0.1, -0.05) is 42.8 Å². The van der Waals surface area contributed by atoms with Crippen LogP contribution in [0.1, 0.15) is 50.5 Å². The molecule has 0 radical (unpaired) electrons. The first-order valence-corrected chi connectivity index (χ1v) is 12.8. The number of aliphatic hydroxyl groups is 1. The van der Waals surface area contributed by atoms with Crippen molar-refractivity contribution in [2.75, 3.05) is 13.2 Å². The molecule has 5 rings (SSSR count). The number of piperidine rings is 1. The number of rotatable bonds is 7. The Bertz CT molecular complexity index is 989. The van der Waals surface area contributed by atoms with Crippen LogP contribution in [0.25, 0.3) is 11.1 Å². The van der Waals surface area contributed by atoms with Crippen molar-refractivity contribution >= 4 is 5.91 Å². The van der Waals surface area contributed by atoms with E-state index in [0.29, 0.717) is 18.9 Å². The van der Waals surface area contributed by atoms with Gasteiger partial charge in [-0.3, -0.25) is 9.69 Å². The molecule has 4 atom stereocenters. The second-order valence-electron chi connectivity index (χ2n) is 10.1. The van der Waals surface area contributed by atoms with E-state index in [1.165, 1.54) is 12.5 Å². The topological polar surface area (TPSA) is 61.8 Å². The molecule has 3 aliphatic rings. The van der Waals surface area contributed by atoms with E-state index in [2.05, 4.69) is 22.3 Å². The lowest BCUT2D eigenvalue weighted by atomic mass is 9.81. The largest absolute Gasteiger partial charge is 0.378 e. The monoisotopic (exact) mass is 466 g/mol. The maximum Gasteiger partial charge on any atom is 0.249 e. The van der Waals surface area contributed by atoms with E-state index in [4.69, 9.17) is 4.74 Å². The molecule has 0 aromatic heterocycles. The van der Waals surface area contributed by atoms with Crippen LogP contribution >= 0.6 is 0 Å². The smallest absolute Gasteiger partial charge is 0.249 e. The molecular formula is C28H35FN2O3. The number of carbonyl (C=O) groups is 1. The number of ether oxygens (including phenoxy) is 1. The van der Waals surface area contributed by atoms with E-state index in [0.717, 1.165) is 61.8 Å². The number of nitrogens with zero attached hydrogens (tertiary/aromatic N) is 1. The van der Waals surface area contributed by atoms with Gasteiger partial charge in [0.15, 0.2) is 0 Å². The van der Waals surface area contributed by atoms with Crippen LogP contribution in [0.15, 0.2) is 48.5 Å². The summed E-state index contributed by atoms with van der Waals surface area (Å²) in [6.45, 7) is 1.48. The highest BCUT2D eigenvalue weighted by Crippen LogP contribution is 2.35. The Labute approximate surface area is 201 Å². The van der Waals surface area contributed by atoms with Crippen LogP contribution in [0, 0.1) is 11.7 Å². The Morgan fingerprint density at radius 1 is 1.06 bits per heavy atom. The number of hydrogen-bond donors (Lipinski definition) is 2. The van der Waals surface area contributed by atoms with Crippen LogP contribution in [-0.4, -0.2) is 53.5 Å². The first-order valence-electron chi connectivity index (χ1n) is 12.8. The van der Waals surface area contributed by atoms with Gasteiger partial charge in [-0.15, -0.1) is 0 Å². The van der Waals surface area contributed by atoms with Gasteiger partial charge in [-0.05, 0) is 79.7 Å². The zero-order valence-electron chi connectivity index (χ0n) is 19.7. The minimum absolute atomic E-state index is 0.00235. The van der Waals surface area contributed by atoms with Crippen LogP contribution in [0.3, 0.4) is 0 Å². The quantitative estimate of drug-likeness (QED) is 0.639. The number of aliphatic hydroxyl groups excluding tert-OH is 1. The molecule has 2 aromatic carbocycles. The molecular weight excluding hydrogens is 431 g/mol. The third kappa shape index (κ3) is 5.19. The van der Waals surface area contributed by atoms with E-state index in [1.54, 1.807) is 12.1 Å². The maximum atomic E-state index is 13.8. The van der Waals surface area contributed by atoms with Gasteiger partial charge in [0.05, 0.1) is 0 Å². The average molecular weight is 467 g/mol. The van der Waals surface area contributed by atoms with Crippen molar-refractivity contribution in [1.82, 2.24) is 10.2 Å². The van der Waals surface area contributed by atoms with Crippen LogP contribution in [0.4, 0.5) is 4.39 Å². The first-order chi connectivity index (χ1) is 16.6. The molecule has 5 nitrogen and oxygen atoms in total. The predicted octanol–water partition coefficient (Wildman–Crippen LogP) is 4.28. The molecule has 1 unspecified atom stereocenters. The van der Waals surface area contributed by atoms with Gasteiger partial charge in [-0.2, -0.15) is 0 Å². The van der Waals surface area contributed by atoms with E-state index in [9.17, 15) is 14.3 Å². The van der Waals surface area contributed by atoms with Gasteiger partial charge in [0.25, 0.3) is 0 Å². The molecule has 1 saturated carbocycles. The first kappa shape index (κ1) is 23.5. The zero-order valence-corrected chi connectivity index (χ0v) is 19.7. The van der Waals surface area contributed by atoms with Crippen molar-refractivity contribution < 1.29 is 19.0 Å². The molecule has 2 aromatic rings. The highest BCUT2D eigenvalue weighted by molar-refractivity contribution is 5.81. The minimum Gasteiger partial charge on any atom is -0.378 e. The molecule has 0 spiro atoms. The lowest BCUT2D eigenvalue weighted by Gasteiger charge is -2.47. The van der Waals surface area contributed by atoms with Gasteiger partial charge >= 0.3 is 0 Å². The lowest BCUT2D eigenvalue weighted by molar-refractivity contribution is -0.134. The van der Waals surface area contributed by atoms with Crippen LogP contribution < -0.4 is 5.32 Å². The van der Waals surface area contributed by atoms with Crippen LogP contribution in [0.5, 0.6) is 0 Å². The van der Waals surface area contributed by atoms with Gasteiger partial charge in [0, 0.05) is 25.2 Å². The average Bonchev–Trinajstić information content (AvgIpc) is 3.34. The molecule has 2 aliphatic heterocycles. The van der Waals surface area contributed by atoms with Crippen LogP contribution in [-0.2, 0) is 16.0 Å². The van der Waals surface area contributed by atoms with Crippen molar-refractivity contribution in [3.63, 3.8) is 0 Å². The minimum atomic E-state index is -0.479. The van der Waals surface area contributed by atoms with Gasteiger partial charge in [0.1, 0.15) is 18.1 Å². The lowest BCUT2D eigenvalue weighted by Crippen LogP contribution is -2.61. The van der Waals surface area contributed by atoms with Crippen molar-refractivity contribution in [2.24, 2.45) is 5.92 Å². The van der Waals surface area contributed by atoms with Gasteiger partial charge in [0.2, 0.25) is 5.91 Å². The number of nitrogens with one attached hydrogen (secondary N) is 1. The molecule has 34 heavy (non-hydrogen) atoms. The van der Waals surface area contributed by atoms with Crippen molar-refractivity contribution in [2.45, 2.75) is 75.8 Å². The van der Waals surface area contributed by atoms with Crippen molar-refractivity contribution in [3.05, 3.63) is 59.9 Å². The Kier molecular flexibility index (Phi) is 7.28. The Balaban J connectivity index is 1.38. The highest BCUT2D eigenvalue weighted by atomic mass is 19.1. The van der Waals surface area contributed by atoms with E-state index < -0.39 is 6.23 Å². The Morgan fingerprint density at radius 2 is 1.85 bits per heavy atom. The summed E-state index contributed by atoms with van der Waals surface area (Å²) in [6.07, 6.45) is 6.70. The van der Waals surface area contributed by atoms with E-state index in [-0.39, 0.29) is 29.9 Å². The molecule has 1 amide bonds. The highest BCUT2D eigenvalue weighted by Gasteiger charge is 2.40. The molecule has 3 fully saturated rings. The number of amides is 1. The van der Waals surface area contributed by atoms with Crippen molar-refractivity contribution in [3.8, 4) is 11.1 Å². The Hall–Kier alpha value is -2.28. The molecule has 6 heteroatoms. The Morgan fingerprint density at radius 3 is 2.56 bits per heavy atom. The third-order valence-electron chi connectivity index (χ3n) is 7.81. The molecule has 182 valence electrons. The second kappa shape index (κ2) is 10.5. The summed E-state index contributed by atoms with van der Waals surface area (Å²) in [4.78, 5) is 15.1. The molecule has 1 aliphatic carbocycles. The fourth-order valence-electron chi connectivity index (χ4n) is 5.70. The summed E-state index contributed by atoms with van der Waals surface area (Å²) >= 11 is 0. The van der Waals surface area contributed by atoms with Gasteiger partial charge < -0.3 is 15.2 Å². The summed E-state index contributed by atoms with van der Waals surface area (Å²) < 4.78 is 19.4. The number of hydrogen-bond acceptors (Lipinski definition) is 4. The van der Waals surface area contributed by atoms with Crippen molar-refractivity contribution in [1.29, 1.82) is 0 Å². The number of carbonyl (C=O) groups excluding carboxylic acids is 1. The summed E-state index contributed by atoms with van der Waals surface area (Å²) in [5.74, 6) is 0.0385. The number of halogens is 1. The van der Waals surface area contributed by atoms with Gasteiger partial charge in [-0.25, -0.2) is 4.39 Å². The molecule has 2 N–H and O–H groups in total.